The molecule has 0 radical (unpaired) electrons. The summed E-state index contributed by atoms with van der Waals surface area (Å²) in [5.74, 6) is 1.42. The molecular weight excluding hydrogens is 392 g/mol. The number of para-hydroxylation sites is 2. The monoisotopic (exact) mass is 420 g/mol. The van der Waals surface area contributed by atoms with Gasteiger partial charge in [-0.15, -0.1) is 0 Å². The number of amides is 2. The van der Waals surface area contributed by atoms with Crippen LogP contribution in [0, 0.1) is 0 Å². The number of carbonyl (C=O) groups is 2. The van der Waals surface area contributed by atoms with Crippen molar-refractivity contribution >= 4 is 22.8 Å². The molecule has 1 N–H and O–H groups in total. The zero-order valence-electron chi connectivity index (χ0n) is 17.8. The number of carbonyl (C=O) groups excluding carboxylic acids is 2. The Bertz CT molecular complexity index is 1070. The van der Waals surface area contributed by atoms with E-state index in [9.17, 15) is 9.59 Å². The van der Waals surface area contributed by atoms with E-state index in [0.29, 0.717) is 24.3 Å². The first-order valence-corrected chi connectivity index (χ1v) is 10.8. The molecule has 1 saturated heterocycles. The van der Waals surface area contributed by atoms with Crippen molar-refractivity contribution in [2.24, 2.45) is 0 Å². The summed E-state index contributed by atoms with van der Waals surface area (Å²) in [4.78, 5) is 32.1. The fourth-order valence-corrected chi connectivity index (χ4v) is 4.03. The molecule has 4 rings (SSSR count). The molecule has 3 aromatic rings. The number of ether oxygens (including phenoxy) is 1. The van der Waals surface area contributed by atoms with E-state index in [1.807, 2.05) is 33.7 Å². The molecule has 0 saturated carbocycles. The quantitative estimate of drug-likeness (QED) is 0.637. The number of rotatable bonds is 7. The Labute approximate surface area is 182 Å². The second-order valence-electron chi connectivity index (χ2n) is 7.78. The van der Waals surface area contributed by atoms with Crippen LogP contribution in [0.15, 0.2) is 48.5 Å². The highest BCUT2D eigenvalue weighted by atomic mass is 16.5. The molecule has 1 aliphatic heterocycles. The minimum atomic E-state index is -0.161. The van der Waals surface area contributed by atoms with Crippen LogP contribution in [0.4, 0.5) is 0 Å². The first-order valence-electron chi connectivity index (χ1n) is 10.8. The lowest BCUT2D eigenvalue weighted by Crippen LogP contribution is -2.38. The number of aromatic nitrogens is 2. The molecular formula is C24H28N4O3. The van der Waals surface area contributed by atoms with Gasteiger partial charge < -0.3 is 19.5 Å². The number of nitrogens with one attached hydrogen (secondary N) is 1. The van der Waals surface area contributed by atoms with Crippen molar-refractivity contribution in [2.45, 2.75) is 32.2 Å². The summed E-state index contributed by atoms with van der Waals surface area (Å²) >= 11 is 0. The predicted octanol–water partition coefficient (Wildman–Crippen LogP) is 3.03. The molecule has 2 aromatic carbocycles. The van der Waals surface area contributed by atoms with Gasteiger partial charge in [0, 0.05) is 31.6 Å². The molecule has 1 aromatic heterocycles. The summed E-state index contributed by atoms with van der Waals surface area (Å²) in [7, 11) is 1.58. The molecule has 2 heterocycles. The minimum Gasteiger partial charge on any atom is -0.497 e. The maximum absolute atomic E-state index is 12.9. The van der Waals surface area contributed by atoms with Crippen LogP contribution in [0.25, 0.3) is 11.0 Å². The Morgan fingerprint density at radius 1 is 1.06 bits per heavy atom. The second kappa shape index (κ2) is 9.64. The number of imidazole rings is 1. The number of likely N-dealkylation sites (tertiary alicyclic amines) is 1. The van der Waals surface area contributed by atoms with Crippen LogP contribution in [0.3, 0.4) is 0 Å². The number of benzene rings is 2. The molecule has 0 spiro atoms. The van der Waals surface area contributed by atoms with Crippen LogP contribution in [0.1, 0.15) is 35.4 Å². The maximum atomic E-state index is 12.9. The molecule has 7 heteroatoms. The van der Waals surface area contributed by atoms with Crippen LogP contribution in [-0.2, 0) is 17.8 Å². The Morgan fingerprint density at radius 3 is 2.68 bits per heavy atom. The van der Waals surface area contributed by atoms with E-state index >= 15 is 0 Å². The van der Waals surface area contributed by atoms with E-state index in [1.165, 1.54) is 6.42 Å². The zero-order chi connectivity index (χ0) is 21.6. The van der Waals surface area contributed by atoms with Crippen LogP contribution < -0.4 is 10.1 Å². The summed E-state index contributed by atoms with van der Waals surface area (Å²) in [6, 6.07) is 14.9. The number of hydrogen-bond donors (Lipinski definition) is 1. The SMILES string of the molecule is COc1cccc(C(=O)NCCc2nc3ccccc3n2CC(=O)N2CCCCC2)c1. The van der Waals surface area contributed by atoms with Gasteiger partial charge in [0.2, 0.25) is 5.91 Å². The van der Waals surface area contributed by atoms with Crippen molar-refractivity contribution in [3.05, 3.63) is 59.9 Å². The van der Waals surface area contributed by atoms with E-state index in [1.54, 1.807) is 31.4 Å². The van der Waals surface area contributed by atoms with Gasteiger partial charge in [-0.3, -0.25) is 9.59 Å². The van der Waals surface area contributed by atoms with Crippen LogP contribution >= 0.6 is 0 Å². The molecule has 1 aliphatic rings. The lowest BCUT2D eigenvalue weighted by molar-refractivity contribution is -0.132. The summed E-state index contributed by atoms with van der Waals surface area (Å²) in [5.41, 5.74) is 2.36. The van der Waals surface area contributed by atoms with Crippen molar-refractivity contribution in [2.75, 3.05) is 26.7 Å². The Hall–Kier alpha value is -3.35. The van der Waals surface area contributed by atoms with Crippen LogP contribution in [0.2, 0.25) is 0 Å². The standard InChI is InChI=1S/C24H28N4O3/c1-31-19-9-7-8-18(16-19)24(30)25-13-12-22-26-20-10-3-4-11-21(20)28(22)17-23(29)27-14-5-2-6-15-27/h3-4,7-11,16H,2,5-6,12-15,17H2,1H3,(H,25,30). The van der Waals surface area contributed by atoms with Crippen molar-refractivity contribution in [1.82, 2.24) is 19.8 Å². The van der Waals surface area contributed by atoms with Gasteiger partial charge >= 0.3 is 0 Å². The van der Waals surface area contributed by atoms with Gasteiger partial charge in [-0.05, 0) is 49.6 Å². The van der Waals surface area contributed by atoms with Gasteiger partial charge in [0.1, 0.15) is 18.1 Å². The van der Waals surface area contributed by atoms with Crippen molar-refractivity contribution < 1.29 is 14.3 Å². The molecule has 31 heavy (non-hydrogen) atoms. The summed E-state index contributed by atoms with van der Waals surface area (Å²) in [6.45, 7) is 2.37. The highest BCUT2D eigenvalue weighted by Gasteiger charge is 2.20. The van der Waals surface area contributed by atoms with E-state index in [0.717, 1.165) is 42.8 Å². The van der Waals surface area contributed by atoms with Crippen molar-refractivity contribution in [1.29, 1.82) is 0 Å². The van der Waals surface area contributed by atoms with E-state index in [2.05, 4.69) is 5.32 Å². The normalized spacial score (nSPS) is 13.9. The lowest BCUT2D eigenvalue weighted by atomic mass is 10.1. The molecule has 162 valence electrons. The fraction of sp³-hybridized carbons (Fsp3) is 0.375. The highest BCUT2D eigenvalue weighted by Crippen LogP contribution is 2.18. The maximum Gasteiger partial charge on any atom is 0.251 e. The van der Waals surface area contributed by atoms with Gasteiger partial charge in [0.15, 0.2) is 0 Å². The second-order valence-corrected chi connectivity index (χ2v) is 7.78. The molecule has 2 amide bonds. The number of nitrogens with zero attached hydrogens (tertiary/aromatic N) is 3. The van der Waals surface area contributed by atoms with E-state index in [-0.39, 0.29) is 18.4 Å². The largest absolute Gasteiger partial charge is 0.497 e. The molecule has 1 fully saturated rings. The summed E-state index contributed by atoms with van der Waals surface area (Å²) in [6.07, 6.45) is 3.87. The molecule has 0 atom stereocenters. The fourth-order valence-electron chi connectivity index (χ4n) is 4.03. The van der Waals surface area contributed by atoms with Crippen molar-refractivity contribution in [3.8, 4) is 5.75 Å². The van der Waals surface area contributed by atoms with E-state index in [4.69, 9.17) is 9.72 Å². The average molecular weight is 421 g/mol. The van der Waals surface area contributed by atoms with Gasteiger partial charge in [-0.25, -0.2) is 4.98 Å². The van der Waals surface area contributed by atoms with Crippen molar-refractivity contribution in [3.63, 3.8) is 0 Å². The van der Waals surface area contributed by atoms with Gasteiger partial charge in [-0.1, -0.05) is 18.2 Å². The minimum absolute atomic E-state index is 0.129. The third-order valence-corrected chi connectivity index (χ3v) is 5.70. The number of piperidine rings is 1. The number of fused-ring (bicyclic) bond motifs is 1. The Balaban J connectivity index is 1.46. The Morgan fingerprint density at radius 2 is 1.87 bits per heavy atom. The summed E-state index contributed by atoms with van der Waals surface area (Å²) in [5, 5.41) is 2.94. The molecule has 0 bridgehead atoms. The highest BCUT2D eigenvalue weighted by molar-refractivity contribution is 5.94. The first kappa shape index (κ1) is 20.9. The first-order chi connectivity index (χ1) is 15.2. The van der Waals surface area contributed by atoms with Gasteiger partial charge in [0.25, 0.3) is 5.91 Å². The Kier molecular flexibility index (Phi) is 6.50. The summed E-state index contributed by atoms with van der Waals surface area (Å²) < 4.78 is 7.18. The third-order valence-electron chi connectivity index (χ3n) is 5.70. The lowest BCUT2D eigenvalue weighted by Gasteiger charge is -2.27. The van der Waals surface area contributed by atoms with Gasteiger partial charge in [-0.2, -0.15) is 0 Å². The van der Waals surface area contributed by atoms with Crippen LogP contribution in [0.5, 0.6) is 5.75 Å². The third kappa shape index (κ3) is 4.87. The number of methoxy groups -OCH3 is 1. The van der Waals surface area contributed by atoms with E-state index < -0.39 is 0 Å². The molecule has 0 aliphatic carbocycles. The van der Waals surface area contributed by atoms with Gasteiger partial charge in [0.05, 0.1) is 18.1 Å². The molecule has 7 nitrogen and oxygen atoms in total. The van der Waals surface area contributed by atoms with Crippen LogP contribution in [-0.4, -0.2) is 53.0 Å². The number of hydrogen-bond acceptors (Lipinski definition) is 4. The topological polar surface area (TPSA) is 76.5 Å². The molecule has 0 unspecified atom stereocenters. The zero-order valence-corrected chi connectivity index (χ0v) is 17.8. The smallest absolute Gasteiger partial charge is 0.251 e. The predicted molar refractivity (Wildman–Crippen MR) is 119 cm³/mol. The average Bonchev–Trinajstić information content (AvgIpc) is 3.16.